The van der Waals surface area contributed by atoms with Crippen LogP contribution in [0, 0.1) is 0 Å². The van der Waals surface area contributed by atoms with Gasteiger partial charge in [0.15, 0.2) is 0 Å². The Morgan fingerprint density at radius 3 is 2.29 bits per heavy atom. The van der Waals surface area contributed by atoms with E-state index >= 15 is 0 Å². The van der Waals surface area contributed by atoms with E-state index in [0.29, 0.717) is 12.5 Å². The highest BCUT2D eigenvalue weighted by Crippen LogP contribution is 2.21. The van der Waals surface area contributed by atoms with Crippen LogP contribution in [0.2, 0.25) is 0 Å². The van der Waals surface area contributed by atoms with E-state index < -0.39 is 5.60 Å². The summed E-state index contributed by atoms with van der Waals surface area (Å²) >= 11 is 0. The zero-order chi connectivity index (χ0) is 12.9. The first-order chi connectivity index (χ1) is 8.08. The maximum Gasteiger partial charge on any atom is 0.0698 e. The molecular formula is C14H26N2O. The summed E-state index contributed by atoms with van der Waals surface area (Å²) in [6.45, 7) is 8.43. The molecule has 0 spiro atoms. The fourth-order valence-corrected chi connectivity index (χ4v) is 2.17. The Morgan fingerprint density at radius 1 is 1.24 bits per heavy atom. The van der Waals surface area contributed by atoms with Crippen molar-refractivity contribution in [2.24, 2.45) is 0 Å². The fourth-order valence-electron chi connectivity index (χ4n) is 2.17. The van der Waals surface area contributed by atoms with Crippen molar-refractivity contribution in [2.75, 3.05) is 0 Å². The Balaban J connectivity index is 2.74. The van der Waals surface area contributed by atoms with Gasteiger partial charge in [0, 0.05) is 12.6 Å². The van der Waals surface area contributed by atoms with Gasteiger partial charge in [-0.05, 0) is 31.7 Å². The third-order valence-electron chi connectivity index (χ3n) is 3.81. The Bertz CT molecular complexity index is 325. The highest BCUT2D eigenvalue weighted by atomic mass is 16.3. The molecule has 1 aromatic heterocycles. The average molecular weight is 238 g/mol. The molecule has 0 unspecified atom stereocenters. The molecule has 0 fully saturated rings. The zero-order valence-corrected chi connectivity index (χ0v) is 11.6. The predicted molar refractivity (Wildman–Crippen MR) is 71.1 cm³/mol. The van der Waals surface area contributed by atoms with Gasteiger partial charge in [0.25, 0.3) is 0 Å². The molecule has 0 radical (unpaired) electrons. The van der Waals surface area contributed by atoms with Gasteiger partial charge in [-0.3, -0.25) is 4.68 Å². The van der Waals surface area contributed by atoms with Gasteiger partial charge in [-0.1, -0.05) is 27.7 Å². The largest absolute Gasteiger partial charge is 0.390 e. The second-order valence-electron chi connectivity index (χ2n) is 4.87. The molecule has 1 heterocycles. The molecule has 0 saturated carbocycles. The molecule has 0 amide bonds. The van der Waals surface area contributed by atoms with Crippen LogP contribution in [0.25, 0.3) is 0 Å². The van der Waals surface area contributed by atoms with Crippen LogP contribution in [0.15, 0.2) is 12.3 Å². The SMILES string of the molecule is CCC(CC)n1ccc(CC(O)(CC)CC)n1. The van der Waals surface area contributed by atoms with Crippen molar-refractivity contribution in [3.63, 3.8) is 0 Å². The van der Waals surface area contributed by atoms with Crippen molar-refractivity contribution < 1.29 is 5.11 Å². The standard InChI is InChI=1S/C14H26N2O/c1-5-13(6-2)16-10-9-12(15-16)11-14(17,7-3)8-4/h9-10,13,17H,5-8,11H2,1-4H3. The van der Waals surface area contributed by atoms with Crippen LogP contribution in [0.4, 0.5) is 0 Å². The number of nitrogens with zero attached hydrogens (tertiary/aromatic N) is 2. The summed E-state index contributed by atoms with van der Waals surface area (Å²) in [5.74, 6) is 0. The zero-order valence-electron chi connectivity index (χ0n) is 11.6. The van der Waals surface area contributed by atoms with Crippen LogP contribution in [0.1, 0.15) is 65.1 Å². The molecule has 3 heteroatoms. The minimum Gasteiger partial charge on any atom is -0.390 e. The van der Waals surface area contributed by atoms with Crippen molar-refractivity contribution in [3.05, 3.63) is 18.0 Å². The molecule has 0 bridgehead atoms. The lowest BCUT2D eigenvalue weighted by Gasteiger charge is -2.24. The summed E-state index contributed by atoms with van der Waals surface area (Å²) in [5, 5.41) is 14.9. The van der Waals surface area contributed by atoms with E-state index in [1.165, 1.54) is 0 Å². The molecule has 98 valence electrons. The van der Waals surface area contributed by atoms with Crippen molar-refractivity contribution in [1.82, 2.24) is 9.78 Å². The molecule has 3 nitrogen and oxygen atoms in total. The first-order valence-corrected chi connectivity index (χ1v) is 6.84. The Hall–Kier alpha value is -0.830. The summed E-state index contributed by atoms with van der Waals surface area (Å²) in [5.41, 5.74) is 0.413. The van der Waals surface area contributed by atoms with Gasteiger partial charge >= 0.3 is 0 Å². The van der Waals surface area contributed by atoms with Gasteiger partial charge in [-0.25, -0.2) is 0 Å². The van der Waals surface area contributed by atoms with E-state index in [4.69, 9.17) is 0 Å². The Kier molecular flexibility index (Phi) is 5.19. The smallest absolute Gasteiger partial charge is 0.0698 e. The first kappa shape index (κ1) is 14.2. The summed E-state index contributed by atoms with van der Waals surface area (Å²) in [6, 6.07) is 2.52. The van der Waals surface area contributed by atoms with Crippen LogP contribution in [0.5, 0.6) is 0 Å². The number of hydrogen-bond donors (Lipinski definition) is 1. The second kappa shape index (κ2) is 6.20. The van der Waals surface area contributed by atoms with E-state index in [1.54, 1.807) is 0 Å². The van der Waals surface area contributed by atoms with Crippen LogP contribution in [-0.2, 0) is 6.42 Å². The van der Waals surface area contributed by atoms with Crippen molar-refractivity contribution >= 4 is 0 Å². The van der Waals surface area contributed by atoms with E-state index in [2.05, 4.69) is 18.9 Å². The maximum absolute atomic E-state index is 10.3. The molecular weight excluding hydrogens is 212 g/mol. The number of aromatic nitrogens is 2. The maximum atomic E-state index is 10.3. The summed E-state index contributed by atoms with van der Waals surface area (Å²) < 4.78 is 2.04. The van der Waals surface area contributed by atoms with Gasteiger partial charge in [0.1, 0.15) is 0 Å². The first-order valence-electron chi connectivity index (χ1n) is 6.84. The van der Waals surface area contributed by atoms with E-state index in [0.717, 1.165) is 31.4 Å². The van der Waals surface area contributed by atoms with Gasteiger partial charge in [0.05, 0.1) is 17.3 Å². The summed E-state index contributed by atoms with van der Waals surface area (Å²) in [6.07, 6.45) is 6.46. The van der Waals surface area contributed by atoms with E-state index in [1.807, 2.05) is 30.8 Å². The predicted octanol–water partition coefficient (Wildman–Crippen LogP) is 3.34. The molecule has 0 aliphatic rings. The third-order valence-corrected chi connectivity index (χ3v) is 3.81. The van der Waals surface area contributed by atoms with Gasteiger partial charge in [-0.2, -0.15) is 5.10 Å². The molecule has 17 heavy (non-hydrogen) atoms. The molecule has 0 atom stereocenters. The van der Waals surface area contributed by atoms with Crippen LogP contribution in [0.3, 0.4) is 0 Å². The highest BCUT2D eigenvalue weighted by molar-refractivity contribution is 5.04. The quantitative estimate of drug-likeness (QED) is 0.791. The van der Waals surface area contributed by atoms with Gasteiger partial charge < -0.3 is 5.11 Å². The van der Waals surface area contributed by atoms with Gasteiger partial charge in [0.2, 0.25) is 0 Å². The van der Waals surface area contributed by atoms with E-state index in [9.17, 15) is 5.11 Å². The van der Waals surface area contributed by atoms with Gasteiger partial charge in [-0.15, -0.1) is 0 Å². The average Bonchev–Trinajstić information content (AvgIpc) is 2.79. The minimum atomic E-state index is -0.590. The number of rotatable bonds is 7. The lowest BCUT2D eigenvalue weighted by atomic mass is 9.92. The molecule has 0 saturated heterocycles. The summed E-state index contributed by atoms with van der Waals surface area (Å²) in [4.78, 5) is 0. The minimum absolute atomic E-state index is 0.486. The van der Waals surface area contributed by atoms with E-state index in [-0.39, 0.29) is 0 Å². The topological polar surface area (TPSA) is 38.0 Å². The summed E-state index contributed by atoms with van der Waals surface area (Å²) in [7, 11) is 0. The molecule has 1 rings (SSSR count). The fraction of sp³-hybridized carbons (Fsp3) is 0.786. The molecule has 1 N–H and O–H groups in total. The molecule has 0 aliphatic carbocycles. The lowest BCUT2D eigenvalue weighted by Crippen LogP contribution is -2.29. The van der Waals surface area contributed by atoms with Crippen molar-refractivity contribution in [2.45, 2.75) is 71.4 Å². The van der Waals surface area contributed by atoms with Crippen molar-refractivity contribution in [1.29, 1.82) is 0 Å². The Labute approximate surface area is 105 Å². The third kappa shape index (κ3) is 3.56. The van der Waals surface area contributed by atoms with Crippen LogP contribution >= 0.6 is 0 Å². The number of hydrogen-bond acceptors (Lipinski definition) is 2. The normalized spacial score (nSPS) is 12.4. The number of aliphatic hydroxyl groups is 1. The second-order valence-corrected chi connectivity index (χ2v) is 4.87. The monoisotopic (exact) mass is 238 g/mol. The lowest BCUT2D eigenvalue weighted by molar-refractivity contribution is 0.0315. The van der Waals surface area contributed by atoms with Crippen LogP contribution < -0.4 is 0 Å². The van der Waals surface area contributed by atoms with Crippen LogP contribution in [-0.4, -0.2) is 20.5 Å². The van der Waals surface area contributed by atoms with Crippen molar-refractivity contribution in [3.8, 4) is 0 Å². The molecule has 1 aromatic rings. The molecule has 0 aliphatic heterocycles. The highest BCUT2D eigenvalue weighted by Gasteiger charge is 2.24. The molecule has 0 aromatic carbocycles. The Morgan fingerprint density at radius 2 is 1.82 bits per heavy atom.